The first-order valence-electron chi connectivity index (χ1n) is 12.9. The molecule has 3 aromatic carbocycles. The summed E-state index contributed by atoms with van der Waals surface area (Å²) < 4.78 is 2.34. The number of hydrogen-bond acceptors (Lipinski definition) is 2. The lowest BCUT2D eigenvalue weighted by Gasteiger charge is -2.19. The quantitative estimate of drug-likeness (QED) is 0.299. The van der Waals surface area contributed by atoms with E-state index in [-0.39, 0.29) is 11.8 Å². The van der Waals surface area contributed by atoms with Crippen molar-refractivity contribution in [1.82, 2.24) is 9.55 Å². The van der Waals surface area contributed by atoms with Crippen molar-refractivity contribution in [3.63, 3.8) is 0 Å². The van der Waals surface area contributed by atoms with Gasteiger partial charge in [0, 0.05) is 31.1 Å². The number of unbranched alkanes of at least 4 members (excludes halogenated alkanes) is 1. The number of rotatable bonds is 7. The summed E-state index contributed by atoms with van der Waals surface area (Å²) in [4.78, 5) is 20.1. The van der Waals surface area contributed by atoms with E-state index in [0.29, 0.717) is 13.0 Å². The first-order valence-corrected chi connectivity index (χ1v) is 12.9. The molecule has 0 spiro atoms. The molecule has 5 rings (SSSR count). The number of aromatic nitrogens is 2. The molecule has 4 aromatic rings. The number of imidazole rings is 1. The topological polar surface area (TPSA) is 38.1 Å². The first-order chi connectivity index (χ1) is 16.9. The minimum Gasteiger partial charge on any atom is -0.323 e. The predicted molar refractivity (Wildman–Crippen MR) is 144 cm³/mol. The van der Waals surface area contributed by atoms with Crippen LogP contribution in [0.25, 0.3) is 11.0 Å². The van der Waals surface area contributed by atoms with Gasteiger partial charge in [-0.15, -0.1) is 0 Å². The van der Waals surface area contributed by atoms with Crippen molar-refractivity contribution in [2.75, 3.05) is 11.4 Å². The third-order valence-electron chi connectivity index (χ3n) is 7.40. The average molecular weight is 466 g/mol. The number of aryl methyl sites for hydroxylation is 4. The van der Waals surface area contributed by atoms with Gasteiger partial charge >= 0.3 is 0 Å². The van der Waals surface area contributed by atoms with Crippen LogP contribution in [0.4, 0.5) is 5.69 Å². The first kappa shape index (κ1) is 23.3. The summed E-state index contributed by atoms with van der Waals surface area (Å²) in [6.45, 7) is 10.2. The van der Waals surface area contributed by atoms with Gasteiger partial charge in [-0.25, -0.2) is 4.98 Å². The van der Waals surface area contributed by atoms with Crippen molar-refractivity contribution in [3.05, 3.63) is 94.3 Å². The number of hydrogen-bond donors (Lipinski definition) is 0. The molecular weight excluding hydrogens is 430 g/mol. The molecule has 1 aromatic heterocycles. The fourth-order valence-corrected chi connectivity index (χ4v) is 5.54. The van der Waals surface area contributed by atoms with Crippen LogP contribution in [0.1, 0.15) is 65.7 Å². The Morgan fingerprint density at radius 1 is 0.971 bits per heavy atom. The van der Waals surface area contributed by atoms with Gasteiger partial charge in [-0.1, -0.05) is 55.3 Å². The third-order valence-corrected chi connectivity index (χ3v) is 7.40. The van der Waals surface area contributed by atoms with E-state index < -0.39 is 0 Å². The maximum Gasteiger partial charge on any atom is 0.227 e. The molecule has 180 valence electrons. The Labute approximate surface area is 208 Å². The molecule has 1 unspecified atom stereocenters. The molecule has 0 saturated carbocycles. The number of carbonyl (C=O) groups excluding carboxylic acids is 1. The number of fused-ring (bicyclic) bond motifs is 1. The van der Waals surface area contributed by atoms with Crippen LogP contribution in [0.15, 0.2) is 60.7 Å². The highest BCUT2D eigenvalue weighted by Gasteiger charge is 2.35. The van der Waals surface area contributed by atoms with Crippen LogP contribution < -0.4 is 4.90 Å². The van der Waals surface area contributed by atoms with Gasteiger partial charge in [-0.05, 0) is 80.1 Å². The summed E-state index contributed by atoms with van der Waals surface area (Å²) in [5.74, 6) is 1.26. The van der Waals surface area contributed by atoms with Gasteiger partial charge in [-0.3, -0.25) is 4.79 Å². The van der Waals surface area contributed by atoms with Gasteiger partial charge < -0.3 is 9.47 Å². The van der Waals surface area contributed by atoms with E-state index in [1.165, 1.54) is 40.7 Å². The zero-order valence-corrected chi connectivity index (χ0v) is 21.3. The highest BCUT2D eigenvalue weighted by molar-refractivity contribution is 5.96. The van der Waals surface area contributed by atoms with E-state index in [4.69, 9.17) is 4.98 Å². The van der Waals surface area contributed by atoms with Crippen molar-refractivity contribution in [1.29, 1.82) is 0 Å². The largest absolute Gasteiger partial charge is 0.323 e. The molecule has 1 aliphatic heterocycles. The van der Waals surface area contributed by atoms with Gasteiger partial charge in [0.2, 0.25) is 5.91 Å². The van der Waals surface area contributed by atoms with Crippen LogP contribution in [0.3, 0.4) is 0 Å². The molecular formula is C31H35N3O. The fourth-order valence-electron chi connectivity index (χ4n) is 5.54. The number of nitrogens with zero attached hydrogens (tertiary/aromatic N) is 3. The van der Waals surface area contributed by atoms with Crippen molar-refractivity contribution in [2.45, 2.75) is 65.8 Å². The second kappa shape index (κ2) is 9.69. The summed E-state index contributed by atoms with van der Waals surface area (Å²) in [5.41, 5.74) is 9.69. The summed E-state index contributed by atoms with van der Waals surface area (Å²) in [5, 5.41) is 0. The van der Waals surface area contributed by atoms with Gasteiger partial charge in [0.15, 0.2) is 0 Å². The highest BCUT2D eigenvalue weighted by atomic mass is 16.2. The van der Waals surface area contributed by atoms with E-state index in [1.54, 1.807) is 0 Å². The van der Waals surface area contributed by atoms with Crippen LogP contribution in [-0.4, -0.2) is 22.0 Å². The Kier molecular flexibility index (Phi) is 6.46. The second-order valence-corrected chi connectivity index (χ2v) is 10.1. The van der Waals surface area contributed by atoms with E-state index in [1.807, 2.05) is 11.0 Å². The monoisotopic (exact) mass is 465 g/mol. The van der Waals surface area contributed by atoms with Crippen LogP contribution in [-0.2, 0) is 17.8 Å². The minimum absolute atomic E-state index is 0.0701. The van der Waals surface area contributed by atoms with Crippen molar-refractivity contribution >= 4 is 22.6 Å². The van der Waals surface area contributed by atoms with E-state index >= 15 is 0 Å². The molecule has 0 bridgehead atoms. The van der Waals surface area contributed by atoms with Gasteiger partial charge in [0.25, 0.3) is 0 Å². The van der Waals surface area contributed by atoms with Crippen LogP contribution >= 0.6 is 0 Å². The number of benzene rings is 3. The second-order valence-electron chi connectivity index (χ2n) is 10.1. The lowest BCUT2D eigenvalue weighted by atomic mass is 9.99. The normalized spacial score (nSPS) is 15.9. The van der Waals surface area contributed by atoms with Crippen molar-refractivity contribution in [3.8, 4) is 0 Å². The summed E-state index contributed by atoms with van der Waals surface area (Å²) >= 11 is 0. The molecule has 1 aliphatic rings. The standard InChI is InChI=1S/C31H35N3O/c1-5-6-9-24-12-14-26(15-13-24)33-19-25(18-30(33)35)31-32-28-10-7-8-11-29(28)34(31)20-27-22(3)16-21(2)17-23(27)4/h7-8,10-17,25H,5-6,9,18-20H2,1-4H3. The van der Waals surface area contributed by atoms with Gasteiger partial charge in [-0.2, -0.15) is 0 Å². The van der Waals surface area contributed by atoms with Crippen LogP contribution in [0, 0.1) is 20.8 Å². The Bertz CT molecular complexity index is 1340. The minimum atomic E-state index is 0.0701. The SMILES string of the molecule is CCCCc1ccc(N2CC(c3nc4ccccc4n3Cc3c(C)cc(C)cc3C)CC2=O)cc1. The van der Waals surface area contributed by atoms with Gasteiger partial charge in [0.05, 0.1) is 11.0 Å². The predicted octanol–water partition coefficient (Wildman–Crippen LogP) is 6.87. The van der Waals surface area contributed by atoms with E-state index in [9.17, 15) is 4.79 Å². The number of carbonyl (C=O) groups is 1. The lowest BCUT2D eigenvalue weighted by molar-refractivity contribution is -0.117. The molecule has 0 radical (unpaired) electrons. The molecule has 1 atom stereocenters. The summed E-state index contributed by atoms with van der Waals surface area (Å²) in [6, 6.07) is 21.4. The lowest BCUT2D eigenvalue weighted by Crippen LogP contribution is -2.24. The highest BCUT2D eigenvalue weighted by Crippen LogP contribution is 2.34. The Balaban J connectivity index is 1.47. The Hall–Kier alpha value is -3.40. The zero-order chi connectivity index (χ0) is 24.5. The maximum absolute atomic E-state index is 13.1. The molecule has 0 aliphatic carbocycles. The summed E-state index contributed by atoms with van der Waals surface area (Å²) in [6.07, 6.45) is 3.97. The van der Waals surface area contributed by atoms with Crippen LogP contribution in [0.5, 0.6) is 0 Å². The number of para-hydroxylation sites is 2. The van der Waals surface area contributed by atoms with E-state index in [2.05, 4.69) is 86.9 Å². The Morgan fingerprint density at radius 2 is 1.69 bits per heavy atom. The maximum atomic E-state index is 13.1. The molecule has 1 fully saturated rings. The number of amides is 1. The molecule has 1 amide bonds. The molecule has 35 heavy (non-hydrogen) atoms. The molecule has 4 heteroatoms. The molecule has 2 heterocycles. The summed E-state index contributed by atoms with van der Waals surface area (Å²) in [7, 11) is 0. The number of anilines is 1. The van der Waals surface area contributed by atoms with Crippen molar-refractivity contribution < 1.29 is 4.79 Å². The van der Waals surface area contributed by atoms with E-state index in [0.717, 1.165) is 35.5 Å². The zero-order valence-electron chi connectivity index (χ0n) is 21.3. The average Bonchev–Trinajstić information content (AvgIpc) is 3.40. The Morgan fingerprint density at radius 3 is 2.40 bits per heavy atom. The smallest absolute Gasteiger partial charge is 0.227 e. The van der Waals surface area contributed by atoms with Gasteiger partial charge in [0.1, 0.15) is 5.82 Å². The third kappa shape index (κ3) is 4.62. The molecule has 4 nitrogen and oxygen atoms in total. The molecule has 1 saturated heterocycles. The van der Waals surface area contributed by atoms with Crippen LogP contribution in [0.2, 0.25) is 0 Å². The molecule has 0 N–H and O–H groups in total. The fraction of sp³-hybridized carbons (Fsp3) is 0.355. The van der Waals surface area contributed by atoms with Crippen molar-refractivity contribution in [2.24, 2.45) is 0 Å².